The lowest BCUT2D eigenvalue weighted by Crippen LogP contribution is -2.19. The highest BCUT2D eigenvalue weighted by Crippen LogP contribution is 2.15. The average molecular weight is 260 g/mol. The minimum absolute atomic E-state index is 0.213. The highest BCUT2D eigenvalue weighted by atomic mass is 16.5. The van der Waals surface area contributed by atoms with Crippen molar-refractivity contribution in [2.24, 2.45) is 5.92 Å². The van der Waals surface area contributed by atoms with Gasteiger partial charge in [0.1, 0.15) is 0 Å². The highest BCUT2D eigenvalue weighted by molar-refractivity contribution is 5.77. The van der Waals surface area contributed by atoms with Crippen LogP contribution in [-0.2, 0) is 9.53 Å². The molecule has 1 atom stereocenters. The van der Waals surface area contributed by atoms with Gasteiger partial charge >= 0.3 is 5.97 Å². The Labute approximate surface area is 110 Å². The van der Waals surface area contributed by atoms with E-state index in [0.29, 0.717) is 16.7 Å². The number of H-pyrrole nitrogens is 1. The number of ether oxygens (including phenoxy) is 1. The second kappa shape index (κ2) is 5.22. The van der Waals surface area contributed by atoms with E-state index in [1.165, 1.54) is 0 Å². The quantitative estimate of drug-likeness (QED) is 0.858. The van der Waals surface area contributed by atoms with Gasteiger partial charge in [0.2, 0.25) is 0 Å². The number of carbonyl (C=O) groups is 1. The second-order valence-electron chi connectivity index (χ2n) is 4.70. The lowest BCUT2D eigenvalue weighted by Gasteiger charge is -2.14. The van der Waals surface area contributed by atoms with Crippen LogP contribution in [0.25, 0.3) is 10.9 Å². The van der Waals surface area contributed by atoms with E-state index < -0.39 is 6.10 Å². The van der Waals surface area contributed by atoms with Crippen molar-refractivity contribution in [1.82, 2.24) is 9.97 Å². The largest absolute Gasteiger partial charge is 0.454 e. The van der Waals surface area contributed by atoms with Crippen LogP contribution in [0.2, 0.25) is 0 Å². The Morgan fingerprint density at radius 3 is 2.63 bits per heavy atom. The standard InChI is InChI=1S/C14H16N2O3/c1-8(2)14(18)19-9(3)12-15-11-7-5-4-6-10(11)13(17)16-12/h4-9H,1-3H3,(H,15,16,17)/t9-/m1/s1. The molecule has 1 N–H and O–H groups in total. The third-order valence-corrected chi connectivity index (χ3v) is 2.78. The third-order valence-electron chi connectivity index (χ3n) is 2.78. The molecule has 0 saturated heterocycles. The number of aromatic amines is 1. The van der Waals surface area contributed by atoms with Crippen molar-refractivity contribution in [2.45, 2.75) is 26.9 Å². The molecule has 100 valence electrons. The molecule has 0 spiro atoms. The summed E-state index contributed by atoms with van der Waals surface area (Å²) in [6.45, 7) is 5.20. The summed E-state index contributed by atoms with van der Waals surface area (Å²) in [4.78, 5) is 30.4. The zero-order chi connectivity index (χ0) is 14.0. The number of aromatic nitrogens is 2. The Hall–Kier alpha value is -2.17. The molecule has 0 bridgehead atoms. The monoisotopic (exact) mass is 260 g/mol. The lowest BCUT2D eigenvalue weighted by molar-refractivity contribution is -0.152. The summed E-state index contributed by atoms with van der Waals surface area (Å²) in [5.41, 5.74) is 0.363. The SMILES string of the molecule is CC(C)C(=O)O[C@H](C)c1nc2ccccc2c(=O)[nH]1. The Kier molecular flexibility index (Phi) is 3.64. The zero-order valence-electron chi connectivity index (χ0n) is 11.1. The van der Waals surface area contributed by atoms with Gasteiger partial charge in [0.25, 0.3) is 5.56 Å². The molecular formula is C14H16N2O3. The van der Waals surface area contributed by atoms with Crippen molar-refractivity contribution in [3.63, 3.8) is 0 Å². The predicted octanol–water partition coefficient (Wildman–Crippen LogP) is 2.18. The summed E-state index contributed by atoms with van der Waals surface area (Å²) in [5, 5.41) is 0.522. The predicted molar refractivity (Wildman–Crippen MR) is 71.7 cm³/mol. The van der Waals surface area contributed by atoms with E-state index in [1.807, 2.05) is 6.07 Å². The van der Waals surface area contributed by atoms with E-state index >= 15 is 0 Å². The fraction of sp³-hybridized carbons (Fsp3) is 0.357. The Morgan fingerprint density at radius 1 is 1.26 bits per heavy atom. The minimum atomic E-state index is -0.577. The number of carbonyl (C=O) groups excluding carboxylic acids is 1. The van der Waals surface area contributed by atoms with Gasteiger partial charge in [-0.15, -0.1) is 0 Å². The number of nitrogens with zero attached hydrogens (tertiary/aromatic N) is 1. The third kappa shape index (κ3) is 2.81. The molecule has 0 radical (unpaired) electrons. The summed E-state index contributed by atoms with van der Waals surface area (Å²) in [6, 6.07) is 7.05. The molecule has 0 amide bonds. The van der Waals surface area contributed by atoms with Gasteiger partial charge in [-0.1, -0.05) is 26.0 Å². The van der Waals surface area contributed by atoms with E-state index in [2.05, 4.69) is 9.97 Å². The van der Waals surface area contributed by atoms with Gasteiger partial charge in [0, 0.05) is 0 Å². The summed E-state index contributed by atoms with van der Waals surface area (Å²) in [6.07, 6.45) is -0.577. The molecule has 1 heterocycles. The van der Waals surface area contributed by atoms with Gasteiger partial charge in [-0.3, -0.25) is 9.59 Å². The number of fused-ring (bicyclic) bond motifs is 1. The van der Waals surface area contributed by atoms with Crippen LogP contribution in [0, 0.1) is 5.92 Å². The first-order valence-corrected chi connectivity index (χ1v) is 6.18. The number of benzene rings is 1. The van der Waals surface area contributed by atoms with E-state index in [-0.39, 0.29) is 17.4 Å². The van der Waals surface area contributed by atoms with Crippen molar-refractivity contribution in [2.75, 3.05) is 0 Å². The van der Waals surface area contributed by atoms with Gasteiger partial charge < -0.3 is 9.72 Å². The number of hydrogen-bond donors (Lipinski definition) is 1. The van der Waals surface area contributed by atoms with E-state index in [9.17, 15) is 9.59 Å². The Morgan fingerprint density at radius 2 is 1.95 bits per heavy atom. The Balaban J connectivity index is 2.35. The van der Waals surface area contributed by atoms with Crippen molar-refractivity contribution in [3.8, 4) is 0 Å². The van der Waals surface area contributed by atoms with Gasteiger partial charge in [0.15, 0.2) is 11.9 Å². The van der Waals surface area contributed by atoms with Gasteiger partial charge in [-0.05, 0) is 19.1 Å². The van der Waals surface area contributed by atoms with E-state index in [4.69, 9.17) is 4.74 Å². The van der Waals surface area contributed by atoms with Crippen LogP contribution in [-0.4, -0.2) is 15.9 Å². The summed E-state index contributed by atoms with van der Waals surface area (Å²) in [7, 11) is 0. The first-order valence-electron chi connectivity index (χ1n) is 6.18. The second-order valence-corrected chi connectivity index (χ2v) is 4.70. The molecule has 0 unspecified atom stereocenters. The first-order chi connectivity index (χ1) is 8.99. The number of nitrogens with one attached hydrogen (secondary N) is 1. The van der Waals surface area contributed by atoms with Crippen LogP contribution in [0.15, 0.2) is 29.1 Å². The highest BCUT2D eigenvalue weighted by Gasteiger charge is 2.17. The normalized spacial score (nSPS) is 12.6. The van der Waals surface area contributed by atoms with Gasteiger partial charge in [0.05, 0.1) is 16.8 Å². The molecule has 5 nitrogen and oxygen atoms in total. The average Bonchev–Trinajstić information content (AvgIpc) is 2.38. The van der Waals surface area contributed by atoms with Crippen LogP contribution in [0.1, 0.15) is 32.7 Å². The van der Waals surface area contributed by atoms with Crippen LogP contribution >= 0.6 is 0 Å². The van der Waals surface area contributed by atoms with Crippen LogP contribution < -0.4 is 5.56 Å². The molecule has 2 rings (SSSR count). The molecule has 0 aliphatic heterocycles. The number of hydrogen-bond acceptors (Lipinski definition) is 4. The summed E-state index contributed by atoms with van der Waals surface area (Å²) >= 11 is 0. The maximum atomic E-state index is 11.9. The van der Waals surface area contributed by atoms with Gasteiger partial charge in [-0.25, -0.2) is 4.98 Å². The number of rotatable bonds is 3. The Bertz CT molecular complexity index is 661. The number of esters is 1. The number of para-hydroxylation sites is 1. The zero-order valence-corrected chi connectivity index (χ0v) is 11.1. The molecule has 19 heavy (non-hydrogen) atoms. The van der Waals surface area contributed by atoms with E-state index in [0.717, 1.165) is 0 Å². The molecule has 0 aliphatic rings. The van der Waals surface area contributed by atoms with Crippen LogP contribution in [0.3, 0.4) is 0 Å². The fourth-order valence-corrected chi connectivity index (χ4v) is 1.66. The van der Waals surface area contributed by atoms with Crippen molar-refractivity contribution >= 4 is 16.9 Å². The fourth-order valence-electron chi connectivity index (χ4n) is 1.66. The van der Waals surface area contributed by atoms with Gasteiger partial charge in [-0.2, -0.15) is 0 Å². The van der Waals surface area contributed by atoms with Crippen LogP contribution in [0.4, 0.5) is 0 Å². The maximum Gasteiger partial charge on any atom is 0.309 e. The van der Waals surface area contributed by atoms with Crippen molar-refractivity contribution in [1.29, 1.82) is 0 Å². The molecule has 0 saturated carbocycles. The summed E-state index contributed by atoms with van der Waals surface area (Å²) < 4.78 is 5.23. The van der Waals surface area contributed by atoms with E-state index in [1.54, 1.807) is 39.0 Å². The molecule has 5 heteroatoms. The first kappa shape index (κ1) is 13.3. The molecule has 1 aromatic carbocycles. The molecule has 1 aromatic heterocycles. The summed E-state index contributed by atoms with van der Waals surface area (Å²) in [5.74, 6) is -0.171. The minimum Gasteiger partial charge on any atom is -0.454 e. The molecule has 2 aromatic rings. The molecule has 0 fully saturated rings. The topological polar surface area (TPSA) is 72.0 Å². The van der Waals surface area contributed by atoms with Crippen molar-refractivity contribution in [3.05, 3.63) is 40.4 Å². The van der Waals surface area contributed by atoms with Crippen LogP contribution in [0.5, 0.6) is 0 Å². The smallest absolute Gasteiger partial charge is 0.309 e. The van der Waals surface area contributed by atoms with Crippen molar-refractivity contribution < 1.29 is 9.53 Å². The molecule has 0 aliphatic carbocycles. The lowest BCUT2D eigenvalue weighted by atomic mass is 10.2. The maximum absolute atomic E-state index is 11.9. The molecular weight excluding hydrogens is 244 g/mol.